The summed E-state index contributed by atoms with van der Waals surface area (Å²) in [6, 6.07) is 1.95. The lowest BCUT2D eigenvalue weighted by molar-refractivity contribution is 0.0583. The number of hydrogen-bond donors (Lipinski definition) is 2. The van der Waals surface area contributed by atoms with Crippen molar-refractivity contribution in [1.29, 1.82) is 0 Å². The fourth-order valence-corrected chi connectivity index (χ4v) is 2.33. The van der Waals surface area contributed by atoms with Crippen LogP contribution in [-0.2, 0) is 4.74 Å². The van der Waals surface area contributed by atoms with Crippen molar-refractivity contribution in [2.45, 2.75) is 25.8 Å². The largest absolute Gasteiger partial charge is 0.383 e. The van der Waals surface area contributed by atoms with Gasteiger partial charge in [-0.25, -0.2) is 4.98 Å². The first-order valence-electron chi connectivity index (χ1n) is 5.74. The molecule has 1 aromatic heterocycles. The summed E-state index contributed by atoms with van der Waals surface area (Å²) in [6.07, 6.45) is 3.74. The van der Waals surface area contributed by atoms with Gasteiger partial charge in [-0.1, -0.05) is 0 Å². The molecule has 2 heterocycles. The lowest BCUT2D eigenvalue weighted by Gasteiger charge is -2.29. The van der Waals surface area contributed by atoms with Gasteiger partial charge >= 0.3 is 0 Å². The second-order valence-corrected chi connectivity index (χ2v) is 4.40. The molecule has 4 heteroatoms. The van der Waals surface area contributed by atoms with E-state index in [1.807, 2.05) is 13.0 Å². The number of nitrogen functional groups attached to an aromatic ring is 1. The van der Waals surface area contributed by atoms with E-state index >= 15 is 0 Å². The van der Waals surface area contributed by atoms with Gasteiger partial charge in [-0.3, -0.25) is 0 Å². The number of aryl methyl sites for hydroxylation is 1. The Hall–Kier alpha value is -1.13. The van der Waals surface area contributed by atoms with Gasteiger partial charge in [-0.2, -0.15) is 0 Å². The molecule has 1 aliphatic heterocycles. The molecule has 0 amide bonds. The van der Waals surface area contributed by atoms with E-state index < -0.39 is 0 Å². The van der Waals surface area contributed by atoms with E-state index in [1.54, 1.807) is 6.20 Å². The predicted octanol–water partition coefficient (Wildman–Crippen LogP) is 1.40. The number of pyridine rings is 1. The molecule has 1 unspecified atom stereocenters. The topological polar surface area (TPSA) is 74.2 Å². The molecule has 16 heavy (non-hydrogen) atoms. The molecule has 0 aromatic carbocycles. The predicted molar refractivity (Wildman–Crippen MR) is 63.9 cm³/mol. The third-order valence-electron chi connectivity index (χ3n) is 3.35. The van der Waals surface area contributed by atoms with E-state index in [2.05, 4.69) is 4.98 Å². The number of ether oxygens (including phenoxy) is 1. The number of nitrogens with zero attached hydrogens (tertiary/aromatic N) is 1. The van der Waals surface area contributed by atoms with Crippen LogP contribution in [0.1, 0.15) is 30.0 Å². The van der Waals surface area contributed by atoms with Gasteiger partial charge < -0.3 is 16.2 Å². The van der Waals surface area contributed by atoms with E-state index in [1.165, 1.54) is 0 Å². The van der Waals surface area contributed by atoms with Gasteiger partial charge in [0.15, 0.2) is 0 Å². The van der Waals surface area contributed by atoms with Gasteiger partial charge in [-0.15, -0.1) is 0 Å². The van der Waals surface area contributed by atoms with Gasteiger partial charge in [-0.05, 0) is 37.3 Å². The average molecular weight is 221 g/mol. The first-order valence-corrected chi connectivity index (χ1v) is 5.74. The summed E-state index contributed by atoms with van der Waals surface area (Å²) >= 11 is 0. The van der Waals surface area contributed by atoms with Crippen LogP contribution in [-0.4, -0.2) is 18.2 Å². The van der Waals surface area contributed by atoms with Crippen LogP contribution < -0.4 is 11.5 Å². The number of aromatic nitrogens is 1. The van der Waals surface area contributed by atoms with Gasteiger partial charge in [0.25, 0.3) is 0 Å². The monoisotopic (exact) mass is 221 g/mol. The van der Waals surface area contributed by atoms with Crippen molar-refractivity contribution in [1.82, 2.24) is 4.98 Å². The Kier molecular flexibility index (Phi) is 3.41. The Morgan fingerprint density at radius 1 is 1.44 bits per heavy atom. The molecule has 0 saturated carbocycles. The third-order valence-corrected chi connectivity index (χ3v) is 3.35. The van der Waals surface area contributed by atoms with Crippen LogP contribution in [0.5, 0.6) is 0 Å². The zero-order chi connectivity index (χ0) is 11.5. The molecule has 1 aliphatic rings. The maximum absolute atomic E-state index is 6.30. The molecule has 2 rings (SSSR count). The summed E-state index contributed by atoms with van der Waals surface area (Å²) in [4.78, 5) is 4.12. The van der Waals surface area contributed by atoms with Crippen LogP contribution in [0.4, 0.5) is 5.82 Å². The fourth-order valence-electron chi connectivity index (χ4n) is 2.33. The molecule has 1 atom stereocenters. The molecule has 4 nitrogen and oxygen atoms in total. The van der Waals surface area contributed by atoms with Gasteiger partial charge in [0.05, 0.1) is 0 Å². The minimum Gasteiger partial charge on any atom is -0.383 e. The van der Waals surface area contributed by atoms with Crippen molar-refractivity contribution in [2.75, 3.05) is 18.9 Å². The van der Waals surface area contributed by atoms with Crippen LogP contribution in [0, 0.1) is 12.8 Å². The minimum absolute atomic E-state index is 0.0161. The normalized spacial score (nSPS) is 19.6. The Balaban J connectivity index is 2.22. The molecule has 0 spiro atoms. The molecule has 0 aliphatic carbocycles. The van der Waals surface area contributed by atoms with E-state index in [0.717, 1.165) is 37.2 Å². The van der Waals surface area contributed by atoms with Crippen molar-refractivity contribution in [3.8, 4) is 0 Å². The second-order valence-electron chi connectivity index (χ2n) is 4.40. The van der Waals surface area contributed by atoms with Crippen molar-refractivity contribution < 1.29 is 4.74 Å². The molecule has 1 fully saturated rings. The number of anilines is 1. The first-order chi connectivity index (χ1) is 7.70. The van der Waals surface area contributed by atoms with Crippen molar-refractivity contribution in [3.05, 3.63) is 23.4 Å². The standard InChI is InChI=1S/C12H19N3O/c1-8-2-5-15-12(14)10(8)11(13)9-3-6-16-7-4-9/h2,5,9,11H,3-4,6-7,13H2,1H3,(H2,14,15). The zero-order valence-electron chi connectivity index (χ0n) is 9.65. The molecule has 4 N–H and O–H groups in total. The number of nitrogens with two attached hydrogens (primary N) is 2. The Morgan fingerprint density at radius 2 is 2.12 bits per heavy atom. The molecule has 1 aromatic rings. The molecular weight excluding hydrogens is 202 g/mol. The second kappa shape index (κ2) is 4.80. The Morgan fingerprint density at radius 3 is 2.75 bits per heavy atom. The smallest absolute Gasteiger partial charge is 0.128 e. The van der Waals surface area contributed by atoms with Crippen LogP contribution >= 0.6 is 0 Å². The lowest BCUT2D eigenvalue weighted by atomic mass is 9.86. The third kappa shape index (κ3) is 2.18. The summed E-state index contributed by atoms with van der Waals surface area (Å²) < 4.78 is 5.34. The molecule has 0 radical (unpaired) electrons. The van der Waals surface area contributed by atoms with Gasteiger partial charge in [0.2, 0.25) is 0 Å². The zero-order valence-corrected chi connectivity index (χ0v) is 9.65. The van der Waals surface area contributed by atoms with Crippen LogP contribution in [0.2, 0.25) is 0 Å². The molecule has 1 saturated heterocycles. The van der Waals surface area contributed by atoms with Crippen molar-refractivity contribution in [3.63, 3.8) is 0 Å². The minimum atomic E-state index is -0.0161. The first kappa shape index (κ1) is 11.4. The highest BCUT2D eigenvalue weighted by Gasteiger charge is 2.25. The maximum Gasteiger partial charge on any atom is 0.128 e. The lowest BCUT2D eigenvalue weighted by Crippen LogP contribution is -2.28. The van der Waals surface area contributed by atoms with E-state index in [4.69, 9.17) is 16.2 Å². The van der Waals surface area contributed by atoms with Crippen LogP contribution in [0.3, 0.4) is 0 Å². The van der Waals surface area contributed by atoms with Crippen molar-refractivity contribution >= 4 is 5.82 Å². The van der Waals surface area contributed by atoms with E-state index in [-0.39, 0.29) is 6.04 Å². The summed E-state index contributed by atoms with van der Waals surface area (Å²) in [6.45, 7) is 3.64. The van der Waals surface area contributed by atoms with Crippen LogP contribution in [0.15, 0.2) is 12.3 Å². The average Bonchev–Trinajstić information content (AvgIpc) is 2.30. The highest BCUT2D eigenvalue weighted by Crippen LogP contribution is 2.31. The van der Waals surface area contributed by atoms with Crippen molar-refractivity contribution in [2.24, 2.45) is 11.7 Å². The van der Waals surface area contributed by atoms with Gasteiger partial charge in [0, 0.05) is 31.0 Å². The molecule has 0 bridgehead atoms. The molecular formula is C12H19N3O. The summed E-state index contributed by atoms with van der Waals surface area (Å²) in [5.74, 6) is 1.03. The van der Waals surface area contributed by atoms with Crippen LogP contribution in [0.25, 0.3) is 0 Å². The summed E-state index contributed by atoms with van der Waals surface area (Å²) in [5.41, 5.74) is 14.3. The molecule has 88 valence electrons. The SMILES string of the molecule is Cc1ccnc(N)c1C(N)C1CCOCC1. The highest BCUT2D eigenvalue weighted by molar-refractivity contribution is 5.46. The van der Waals surface area contributed by atoms with E-state index in [9.17, 15) is 0 Å². The Bertz CT molecular complexity index is 341. The van der Waals surface area contributed by atoms with E-state index in [0.29, 0.717) is 11.7 Å². The quantitative estimate of drug-likeness (QED) is 0.791. The Labute approximate surface area is 96.0 Å². The summed E-state index contributed by atoms with van der Waals surface area (Å²) in [5, 5.41) is 0. The number of rotatable bonds is 2. The number of hydrogen-bond acceptors (Lipinski definition) is 4. The summed E-state index contributed by atoms with van der Waals surface area (Å²) in [7, 11) is 0. The maximum atomic E-state index is 6.30. The highest BCUT2D eigenvalue weighted by atomic mass is 16.5. The fraction of sp³-hybridized carbons (Fsp3) is 0.583. The van der Waals surface area contributed by atoms with Gasteiger partial charge in [0.1, 0.15) is 5.82 Å².